The molecule has 1 atom stereocenters. The largest absolute Gasteiger partial charge is 0.456 e. The number of esters is 1. The minimum atomic E-state index is -1.12. The Bertz CT molecular complexity index is 1880. The number of aryl methyl sites for hydroxylation is 4. The molecule has 0 amide bonds. The molecule has 0 saturated carbocycles. The monoisotopic (exact) mass is 594 g/mol. The summed E-state index contributed by atoms with van der Waals surface area (Å²) >= 11 is 0. The van der Waals surface area contributed by atoms with E-state index >= 15 is 0 Å². The maximum Gasteiger partial charge on any atom is 0.340 e. The third kappa shape index (κ3) is 5.02. The minimum absolute atomic E-state index is 0.325. The standard InChI is InChI=1S/C40H38N2O3/c1-25-15-26(2)18-29(17-25)23-42(24-30-19-27(3)16-28(4)20-30)32-12-14-37-36(21-32)40(34-10-8-7-9-33(34)39(43)45-40)35-13-11-31(41(5)6)22-38(35)44-37/h7-22H,23-24H2,1-6H3. The number of anilines is 2. The van der Waals surface area contributed by atoms with Crippen molar-refractivity contribution in [1.82, 2.24) is 0 Å². The Labute approximate surface area is 265 Å². The lowest BCUT2D eigenvalue weighted by Gasteiger charge is -2.38. The second-order valence-electron chi connectivity index (χ2n) is 12.8. The van der Waals surface area contributed by atoms with E-state index in [2.05, 4.69) is 87.2 Å². The SMILES string of the molecule is Cc1cc(C)cc(CN(Cc2cc(C)cc(C)c2)c2ccc3c(c2)C2(OC(=O)c4ccccc42)c2ccc(N(C)C)cc2O3)c1. The van der Waals surface area contributed by atoms with Gasteiger partial charge in [-0.3, -0.25) is 0 Å². The van der Waals surface area contributed by atoms with Gasteiger partial charge in [0.1, 0.15) is 11.5 Å². The van der Waals surface area contributed by atoms with E-state index in [4.69, 9.17) is 9.47 Å². The summed E-state index contributed by atoms with van der Waals surface area (Å²) in [5, 5.41) is 0. The van der Waals surface area contributed by atoms with Crippen molar-refractivity contribution < 1.29 is 14.3 Å². The summed E-state index contributed by atoms with van der Waals surface area (Å²) in [7, 11) is 4.01. The van der Waals surface area contributed by atoms with Gasteiger partial charge in [0.05, 0.1) is 5.56 Å². The quantitative estimate of drug-likeness (QED) is 0.184. The van der Waals surface area contributed by atoms with Gasteiger partial charge in [-0.25, -0.2) is 4.79 Å². The van der Waals surface area contributed by atoms with Crippen molar-refractivity contribution in [3.8, 4) is 11.5 Å². The molecule has 1 unspecified atom stereocenters. The van der Waals surface area contributed by atoms with Crippen molar-refractivity contribution in [3.63, 3.8) is 0 Å². The number of hydrogen-bond acceptors (Lipinski definition) is 5. The Kier molecular flexibility index (Phi) is 6.92. The second kappa shape index (κ2) is 10.8. The number of hydrogen-bond donors (Lipinski definition) is 0. The highest BCUT2D eigenvalue weighted by atomic mass is 16.6. The predicted molar refractivity (Wildman–Crippen MR) is 181 cm³/mol. The molecule has 1 spiro atoms. The Morgan fingerprint density at radius 1 is 0.600 bits per heavy atom. The lowest BCUT2D eigenvalue weighted by Crippen LogP contribution is -2.33. The van der Waals surface area contributed by atoms with Crippen molar-refractivity contribution >= 4 is 17.3 Å². The zero-order valence-electron chi connectivity index (χ0n) is 26.8. The maximum atomic E-state index is 13.5. The van der Waals surface area contributed by atoms with Crippen LogP contribution in [0.25, 0.3) is 0 Å². The first-order valence-corrected chi connectivity index (χ1v) is 15.5. The van der Waals surface area contributed by atoms with Crippen LogP contribution in [0.2, 0.25) is 0 Å². The topological polar surface area (TPSA) is 42.0 Å². The first kappa shape index (κ1) is 28.7. The number of rotatable bonds is 6. The van der Waals surface area contributed by atoms with Crippen LogP contribution >= 0.6 is 0 Å². The van der Waals surface area contributed by atoms with Crippen LogP contribution in [-0.2, 0) is 23.4 Å². The van der Waals surface area contributed by atoms with Crippen LogP contribution in [0.5, 0.6) is 11.5 Å². The molecule has 0 saturated heterocycles. The molecule has 5 aromatic carbocycles. The van der Waals surface area contributed by atoms with E-state index in [1.54, 1.807) is 0 Å². The molecule has 0 bridgehead atoms. The molecule has 5 heteroatoms. The third-order valence-corrected chi connectivity index (χ3v) is 8.87. The Morgan fingerprint density at radius 2 is 1.20 bits per heavy atom. The summed E-state index contributed by atoms with van der Waals surface area (Å²) < 4.78 is 13.1. The van der Waals surface area contributed by atoms with Crippen molar-refractivity contribution in [1.29, 1.82) is 0 Å². The lowest BCUT2D eigenvalue weighted by molar-refractivity contribution is 0.0224. The van der Waals surface area contributed by atoms with Crippen molar-refractivity contribution in [3.05, 3.63) is 153 Å². The van der Waals surface area contributed by atoms with Crippen LogP contribution in [0.15, 0.2) is 97.1 Å². The summed E-state index contributed by atoms with van der Waals surface area (Å²) in [4.78, 5) is 17.9. The zero-order valence-corrected chi connectivity index (χ0v) is 26.8. The first-order chi connectivity index (χ1) is 21.6. The smallest absolute Gasteiger partial charge is 0.340 e. The van der Waals surface area contributed by atoms with Crippen LogP contribution in [-0.4, -0.2) is 20.1 Å². The molecule has 2 aliphatic rings. The van der Waals surface area contributed by atoms with Crippen LogP contribution in [0.1, 0.15) is 60.4 Å². The summed E-state index contributed by atoms with van der Waals surface area (Å²) in [6.45, 7) is 10.0. The molecule has 5 aromatic rings. The van der Waals surface area contributed by atoms with E-state index in [-0.39, 0.29) is 5.97 Å². The summed E-state index contributed by atoms with van der Waals surface area (Å²) in [5.41, 5.74) is 11.5. The van der Waals surface area contributed by atoms with Crippen LogP contribution in [0.3, 0.4) is 0 Å². The van der Waals surface area contributed by atoms with Gasteiger partial charge in [0, 0.05) is 61.3 Å². The van der Waals surface area contributed by atoms with Crippen molar-refractivity contribution in [2.75, 3.05) is 23.9 Å². The van der Waals surface area contributed by atoms with Crippen molar-refractivity contribution in [2.24, 2.45) is 0 Å². The van der Waals surface area contributed by atoms with Gasteiger partial charge in [0.25, 0.3) is 0 Å². The summed E-state index contributed by atoms with van der Waals surface area (Å²) in [6.07, 6.45) is 0. The molecule has 226 valence electrons. The normalized spacial score (nSPS) is 16.0. The number of nitrogens with zero attached hydrogens (tertiary/aromatic N) is 2. The van der Waals surface area contributed by atoms with Crippen molar-refractivity contribution in [2.45, 2.75) is 46.4 Å². The molecule has 2 aliphatic heterocycles. The molecule has 0 aromatic heterocycles. The van der Waals surface area contributed by atoms with E-state index in [1.165, 1.54) is 33.4 Å². The third-order valence-electron chi connectivity index (χ3n) is 8.87. The molecule has 0 radical (unpaired) electrons. The molecule has 2 heterocycles. The number of carbonyl (C=O) groups is 1. The number of carbonyl (C=O) groups excluding carboxylic acids is 1. The van der Waals surface area contributed by atoms with E-state index in [0.717, 1.165) is 41.2 Å². The Hall–Kier alpha value is -5.03. The maximum absolute atomic E-state index is 13.5. The van der Waals surface area contributed by atoms with Crippen LogP contribution < -0.4 is 14.5 Å². The van der Waals surface area contributed by atoms with Gasteiger partial charge in [0.15, 0.2) is 5.60 Å². The summed E-state index contributed by atoms with van der Waals surface area (Å²) in [5.74, 6) is 1.05. The van der Waals surface area contributed by atoms with Gasteiger partial charge in [-0.05, 0) is 75.2 Å². The molecule has 7 rings (SSSR count). The Balaban J connectivity index is 1.41. The van der Waals surface area contributed by atoms with E-state index in [9.17, 15) is 4.79 Å². The lowest BCUT2D eigenvalue weighted by atomic mass is 9.77. The van der Waals surface area contributed by atoms with Gasteiger partial charge in [0.2, 0.25) is 0 Å². The highest BCUT2D eigenvalue weighted by Gasteiger charge is 2.53. The first-order valence-electron chi connectivity index (χ1n) is 15.5. The second-order valence-corrected chi connectivity index (χ2v) is 12.8. The van der Waals surface area contributed by atoms with Gasteiger partial charge in [-0.2, -0.15) is 0 Å². The van der Waals surface area contributed by atoms with E-state index < -0.39 is 5.60 Å². The molecule has 45 heavy (non-hydrogen) atoms. The molecule has 0 fully saturated rings. The highest BCUT2D eigenvalue weighted by molar-refractivity contribution is 5.97. The molecular weight excluding hydrogens is 556 g/mol. The number of fused-ring (bicyclic) bond motifs is 6. The van der Waals surface area contributed by atoms with E-state index in [1.807, 2.05) is 61.5 Å². The fourth-order valence-electron chi connectivity index (χ4n) is 7.12. The van der Waals surface area contributed by atoms with Gasteiger partial charge in [-0.1, -0.05) is 76.9 Å². The summed E-state index contributed by atoms with van der Waals surface area (Å²) in [6, 6.07) is 33.6. The molecule has 0 aliphatic carbocycles. The van der Waals surface area contributed by atoms with Gasteiger partial charge >= 0.3 is 5.97 Å². The van der Waals surface area contributed by atoms with Crippen LogP contribution in [0, 0.1) is 27.7 Å². The number of benzene rings is 5. The molecule has 0 N–H and O–H groups in total. The predicted octanol–water partition coefficient (Wildman–Crippen LogP) is 8.76. The Morgan fingerprint density at radius 3 is 1.82 bits per heavy atom. The van der Waals surface area contributed by atoms with E-state index in [0.29, 0.717) is 17.1 Å². The average Bonchev–Trinajstić information content (AvgIpc) is 3.28. The minimum Gasteiger partial charge on any atom is -0.456 e. The highest BCUT2D eigenvalue weighted by Crippen LogP contribution is 2.57. The van der Waals surface area contributed by atoms with Gasteiger partial charge < -0.3 is 19.3 Å². The number of ether oxygens (including phenoxy) is 2. The molecule has 5 nitrogen and oxygen atoms in total. The zero-order chi connectivity index (χ0) is 31.5. The average molecular weight is 595 g/mol. The fraction of sp³-hybridized carbons (Fsp3) is 0.225. The van der Waals surface area contributed by atoms with Crippen LogP contribution in [0.4, 0.5) is 11.4 Å². The van der Waals surface area contributed by atoms with Gasteiger partial charge in [-0.15, -0.1) is 0 Å². The molecular formula is C40H38N2O3. The fourth-order valence-corrected chi connectivity index (χ4v) is 7.12.